The molecule has 0 atom stereocenters. The molecule has 2 aromatic carbocycles. The minimum absolute atomic E-state index is 0.270. The Morgan fingerprint density at radius 2 is 1.69 bits per heavy atom. The molecule has 0 bridgehead atoms. The summed E-state index contributed by atoms with van der Waals surface area (Å²) >= 11 is 0. The van der Waals surface area contributed by atoms with Crippen LogP contribution in [0.3, 0.4) is 0 Å². The van der Waals surface area contributed by atoms with E-state index < -0.39 is 0 Å². The smallest absolute Gasteiger partial charge is 0.258 e. The van der Waals surface area contributed by atoms with Crippen LogP contribution in [-0.2, 0) is 0 Å². The van der Waals surface area contributed by atoms with Gasteiger partial charge in [0.25, 0.3) is 5.91 Å². The highest BCUT2D eigenvalue weighted by molar-refractivity contribution is 6.03. The second kappa shape index (κ2) is 7.65. The molecule has 26 heavy (non-hydrogen) atoms. The third kappa shape index (κ3) is 3.97. The highest BCUT2D eigenvalue weighted by Crippen LogP contribution is 2.21. The van der Waals surface area contributed by atoms with Gasteiger partial charge in [-0.1, -0.05) is 12.1 Å². The summed E-state index contributed by atoms with van der Waals surface area (Å²) in [6.45, 7) is 4.09. The molecule has 1 amide bonds. The van der Waals surface area contributed by atoms with Crippen LogP contribution in [0.5, 0.6) is 5.75 Å². The van der Waals surface area contributed by atoms with Crippen LogP contribution in [-0.4, -0.2) is 23.0 Å². The fourth-order valence-electron chi connectivity index (χ4n) is 2.39. The third-order valence-corrected chi connectivity index (χ3v) is 4.11. The van der Waals surface area contributed by atoms with E-state index >= 15 is 0 Å². The summed E-state index contributed by atoms with van der Waals surface area (Å²) in [5.41, 5.74) is 4.32. The summed E-state index contributed by atoms with van der Waals surface area (Å²) in [4.78, 5) is 20.8. The van der Waals surface area contributed by atoms with E-state index in [0.29, 0.717) is 17.2 Å². The molecular formula is C20H20N4O2. The van der Waals surface area contributed by atoms with Gasteiger partial charge in [0.1, 0.15) is 5.75 Å². The Hall–Kier alpha value is -3.41. The Balaban J connectivity index is 1.68. The molecule has 0 aliphatic rings. The second-order valence-corrected chi connectivity index (χ2v) is 5.85. The molecule has 6 nitrogen and oxygen atoms in total. The van der Waals surface area contributed by atoms with E-state index in [4.69, 9.17) is 4.74 Å². The summed E-state index contributed by atoms with van der Waals surface area (Å²) in [5, 5.41) is 5.97. The maximum absolute atomic E-state index is 12.3. The Kier molecular flexibility index (Phi) is 5.12. The number of hydrogen-bond donors (Lipinski definition) is 2. The largest absolute Gasteiger partial charge is 0.497 e. The van der Waals surface area contributed by atoms with Crippen LogP contribution < -0.4 is 15.4 Å². The first-order valence-electron chi connectivity index (χ1n) is 8.17. The van der Waals surface area contributed by atoms with Gasteiger partial charge < -0.3 is 15.4 Å². The molecule has 1 heterocycles. The highest BCUT2D eigenvalue weighted by Gasteiger charge is 2.09. The van der Waals surface area contributed by atoms with Crippen LogP contribution in [0.4, 0.5) is 17.3 Å². The molecule has 3 aromatic rings. The van der Waals surface area contributed by atoms with Gasteiger partial charge in [0, 0.05) is 23.8 Å². The zero-order valence-electron chi connectivity index (χ0n) is 14.9. The number of aromatic nitrogens is 2. The lowest BCUT2D eigenvalue weighted by Gasteiger charge is -2.10. The van der Waals surface area contributed by atoms with Crippen molar-refractivity contribution in [2.24, 2.45) is 0 Å². The molecule has 0 saturated heterocycles. The molecule has 0 aliphatic carbocycles. The molecule has 0 spiro atoms. The number of amides is 1. The average Bonchev–Trinajstić information content (AvgIpc) is 2.66. The minimum Gasteiger partial charge on any atom is -0.497 e. The normalized spacial score (nSPS) is 10.3. The number of carbonyl (C=O) groups excluding carboxylic acids is 1. The van der Waals surface area contributed by atoms with Gasteiger partial charge in [-0.3, -0.25) is 4.79 Å². The number of rotatable bonds is 5. The zero-order valence-corrected chi connectivity index (χ0v) is 14.9. The zero-order chi connectivity index (χ0) is 18.5. The van der Waals surface area contributed by atoms with Crippen LogP contribution in [0.15, 0.2) is 54.9 Å². The van der Waals surface area contributed by atoms with Crippen LogP contribution in [0.25, 0.3) is 0 Å². The minimum atomic E-state index is -0.270. The summed E-state index contributed by atoms with van der Waals surface area (Å²) in [6.07, 6.45) is 3.00. The first-order chi connectivity index (χ1) is 12.6. The monoisotopic (exact) mass is 348 g/mol. The van der Waals surface area contributed by atoms with Crippen LogP contribution in [0.2, 0.25) is 0 Å². The molecule has 0 unspecified atom stereocenters. The Labute approximate surface area is 152 Å². The third-order valence-electron chi connectivity index (χ3n) is 4.11. The molecule has 3 rings (SSSR count). The van der Waals surface area contributed by atoms with Gasteiger partial charge >= 0.3 is 0 Å². The maximum Gasteiger partial charge on any atom is 0.258 e. The predicted molar refractivity (Wildman–Crippen MR) is 102 cm³/mol. The number of methoxy groups -OCH3 is 1. The van der Waals surface area contributed by atoms with Crippen molar-refractivity contribution >= 4 is 23.2 Å². The lowest BCUT2D eigenvalue weighted by Crippen LogP contribution is -2.13. The fraction of sp³-hybridized carbons (Fsp3) is 0.150. The topological polar surface area (TPSA) is 76.1 Å². The van der Waals surface area contributed by atoms with Crippen molar-refractivity contribution < 1.29 is 9.53 Å². The fourth-order valence-corrected chi connectivity index (χ4v) is 2.39. The van der Waals surface area contributed by atoms with Gasteiger partial charge in [-0.25, -0.2) is 9.97 Å². The molecule has 2 N–H and O–H groups in total. The number of benzene rings is 2. The lowest BCUT2D eigenvalue weighted by atomic mass is 10.1. The van der Waals surface area contributed by atoms with E-state index in [2.05, 4.69) is 20.6 Å². The molecule has 0 fully saturated rings. The van der Waals surface area contributed by atoms with E-state index in [0.717, 1.165) is 17.0 Å². The van der Waals surface area contributed by atoms with Gasteiger partial charge in [0.2, 0.25) is 5.95 Å². The summed E-state index contributed by atoms with van der Waals surface area (Å²) in [7, 11) is 1.60. The average molecular weight is 348 g/mol. The molecular weight excluding hydrogens is 328 g/mol. The highest BCUT2D eigenvalue weighted by atomic mass is 16.5. The van der Waals surface area contributed by atoms with Crippen molar-refractivity contribution in [3.05, 3.63) is 71.5 Å². The molecule has 0 radical (unpaired) electrons. The number of nitrogens with zero attached hydrogens (tertiary/aromatic N) is 2. The molecule has 6 heteroatoms. The van der Waals surface area contributed by atoms with E-state index in [-0.39, 0.29) is 5.91 Å². The van der Waals surface area contributed by atoms with E-state index in [1.165, 1.54) is 18.0 Å². The standard InChI is InChI=1S/C20H20N4O2/c1-13-5-4-6-18(14(13)2)24-20-21-11-15(12-22-20)19(25)23-16-7-9-17(26-3)10-8-16/h4-12H,1-3H3,(H,23,25)(H,21,22,24). The quantitative estimate of drug-likeness (QED) is 0.726. The van der Waals surface area contributed by atoms with Gasteiger partial charge in [0.15, 0.2) is 0 Å². The van der Waals surface area contributed by atoms with Gasteiger partial charge in [-0.15, -0.1) is 0 Å². The number of carbonyl (C=O) groups is 1. The molecule has 0 saturated carbocycles. The first-order valence-corrected chi connectivity index (χ1v) is 8.17. The molecule has 132 valence electrons. The van der Waals surface area contributed by atoms with Gasteiger partial charge in [-0.2, -0.15) is 0 Å². The predicted octanol–water partition coefficient (Wildman–Crippen LogP) is 4.10. The summed E-state index contributed by atoms with van der Waals surface area (Å²) in [5.74, 6) is 0.904. The van der Waals surface area contributed by atoms with Crippen molar-refractivity contribution in [3.8, 4) is 5.75 Å². The SMILES string of the molecule is COc1ccc(NC(=O)c2cnc(Nc3cccc(C)c3C)nc2)cc1. The van der Waals surface area contributed by atoms with Crippen molar-refractivity contribution in [2.45, 2.75) is 13.8 Å². The summed E-state index contributed by atoms with van der Waals surface area (Å²) in [6, 6.07) is 13.1. The van der Waals surface area contributed by atoms with E-state index in [1.807, 2.05) is 32.0 Å². The second-order valence-electron chi connectivity index (χ2n) is 5.85. The Morgan fingerprint density at radius 3 is 2.35 bits per heavy atom. The van der Waals surface area contributed by atoms with Crippen LogP contribution in [0.1, 0.15) is 21.5 Å². The molecule has 1 aromatic heterocycles. The van der Waals surface area contributed by atoms with Gasteiger partial charge in [0.05, 0.1) is 12.7 Å². The van der Waals surface area contributed by atoms with Crippen molar-refractivity contribution in [3.63, 3.8) is 0 Å². The number of nitrogens with one attached hydrogen (secondary N) is 2. The van der Waals surface area contributed by atoms with Crippen molar-refractivity contribution in [1.29, 1.82) is 0 Å². The van der Waals surface area contributed by atoms with Crippen LogP contribution >= 0.6 is 0 Å². The number of anilines is 3. The first kappa shape index (κ1) is 17.4. The number of ether oxygens (including phenoxy) is 1. The Bertz CT molecular complexity index is 906. The van der Waals surface area contributed by atoms with Gasteiger partial charge in [-0.05, 0) is 55.3 Å². The van der Waals surface area contributed by atoms with Crippen LogP contribution in [0, 0.1) is 13.8 Å². The molecule has 0 aliphatic heterocycles. The summed E-state index contributed by atoms with van der Waals surface area (Å²) < 4.78 is 5.10. The lowest BCUT2D eigenvalue weighted by molar-refractivity contribution is 0.102. The number of aryl methyl sites for hydroxylation is 1. The number of hydrogen-bond acceptors (Lipinski definition) is 5. The Morgan fingerprint density at radius 1 is 1.00 bits per heavy atom. The van der Waals surface area contributed by atoms with Crippen molar-refractivity contribution in [2.75, 3.05) is 17.7 Å². The van der Waals surface area contributed by atoms with E-state index in [1.54, 1.807) is 31.4 Å². The van der Waals surface area contributed by atoms with E-state index in [9.17, 15) is 4.79 Å². The van der Waals surface area contributed by atoms with Crippen molar-refractivity contribution in [1.82, 2.24) is 9.97 Å². The maximum atomic E-state index is 12.3.